The molecule has 0 bridgehead atoms. The molecule has 0 rings (SSSR count). The Kier molecular flexibility index (Phi) is 12.3. The zero-order valence-corrected chi connectivity index (χ0v) is 12.3. The minimum atomic E-state index is 0.607. The van der Waals surface area contributed by atoms with E-state index >= 15 is 0 Å². The summed E-state index contributed by atoms with van der Waals surface area (Å²) in [6.45, 7) is 6.26. The first-order valence-corrected chi connectivity index (χ1v) is 7.24. The maximum Gasteiger partial charge on any atom is 0.0493 e. The number of ether oxygens (including phenoxy) is 2. The highest BCUT2D eigenvalue weighted by molar-refractivity contribution is 4.66. The van der Waals surface area contributed by atoms with Gasteiger partial charge in [-0.3, -0.25) is 0 Å². The van der Waals surface area contributed by atoms with Gasteiger partial charge in [0.15, 0.2) is 0 Å². The second kappa shape index (κ2) is 12.4. The van der Waals surface area contributed by atoms with Crippen LogP contribution in [0.2, 0.25) is 0 Å². The van der Waals surface area contributed by atoms with E-state index in [2.05, 4.69) is 13.8 Å². The van der Waals surface area contributed by atoms with Crippen LogP contribution < -0.4 is 0 Å². The summed E-state index contributed by atoms with van der Waals surface area (Å²) in [4.78, 5) is 0. The molecule has 0 fully saturated rings. The van der Waals surface area contributed by atoms with Crippen molar-refractivity contribution in [1.82, 2.24) is 0 Å². The van der Waals surface area contributed by atoms with Crippen molar-refractivity contribution in [2.75, 3.05) is 27.4 Å². The fourth-order valence-corrected chi connectivity index (χ4v) is 2.33. The highest BCUT2D eigenvalue weighted by Gasteiger charge is 2.16. The molecule has 0 aromatic carbocycles. The third-order valence-corrected chi connectivity index (χ3v) is 3.54. The van der Waals surface area contributed by atoms with Crippen molar-refractivity contribution >= 4 is 0 Å². The Morgan fingerprint density at radius 1 is 0.824 bits per heavy atom. The highest BCUT2D eigenvalue weighted by atomic mass is 16.5. The lowest BCUT2D eigenvalue weighted by molar-refractivity contribution is 0.0722. The van der Waals surface area contributed by atoms with Gasteiger partial charge in [0.1, 0.15) is 0 Å². The molecule has 104 valence electrons. The van der Waals surface area contributed by atoms with E-state index in [1.54, 1.807) is 14.2 Å². The summed E-state index contributed by atoms with van der Waals surface area (Å²) in [7, 11) is 3.58. The van der Waals surface area contributed by atoms with E-state index < -0.39 is 0 Å². The summed E-state index contributed by atoms with van der Waals surface area (Å²) in [6.07, 6.45) is 9.51. The quantitative estimate of drug-likeness (QED) is 0.477. The molecular formula is C15H32O2. The molecule has 0 aliphatic carbocycles. The summed E-state index contributed by atoms with van der Waals surface area (Å²) in [5, 5.41) is 0. The van der Waals surface area contributed by atoms with E-state index in [1.165, 1.54) is 44.9 Å². The average Bonchev–Trinajstić information content (AvgIpc) is 2.32. The van der Waals surface area contributed by atoms with Crippen LogP contribution in [0, 0.1) is 11.8 Å². The van der Waals surface area contributed by atoms with Crippen LogP contribution in [0.3, 0.4) is 0 Å². The molecule has 0 N–H and O–H groups in total. The monoisotopic (exact) mass is 244 g/mol. The van der Waals surface area contributed by atoms with Crippen LogP contribution in [0.4, 0.5) is 0 Å². The molecule has 2 atom stereocenters. The van der Waals surface area contributed by atoms with E-state index in [4.69, 9.17) is 9.47 Å². The van der Waals surface area contributed by atoms with Crippen molar-refractivity contribution in [3.63, 3.8) is 0 Å². The topological polar surface area (TPSA) is 18.5 Å². The molecule has 2 nitrogen and oxygen atoms in total. The largest absolute Gasteiger partial charge is 0.384 e. The lowest BCUT2D eigenvalue weighted by atomic mass is 9.90. The third-order valence-electron chi connectivity index (χ3n) is 3.54. The van der Waals surface area contributed by atoms with Crippen LogP contribution >= 0.6 is 0 Å². The van der Waals surface area contributed by atoms with Gasteiger partial charge in [-0.15, -0.1) is 0 Å². The Hall–Kier alpha value is -0.0800. The molecule has 0 aromatic rings. The number of methoxy groups -OCH3 is 2. The van der Waals surface area contributed by atoms with Gasteiger partial charge in [0.25, 0.3) is 0 Å². The Labute approximate surface area is 108 Å². The molecule has 17 heavy (non-hydrogen) atoms. The summed E-state index contributed by atoms with van der Waals surface area (Å²) >= 11 is 0. The van der Waals surface area contributed by atoms with E-state index in [9.17, 15) is 0 Å². The molecule has 0 aliphatic rings. The van der Waals surface area contributed by atoms with E-state index in [0.717, 1.165) is 13.2 Å². The van der Waals surface area contributed by atoms with Crippen LogP contribution in [0.25, 0.3) is 0 Å². The molecule has 0 aliphatic heterocycles. The lowest BCUT2D eigenvalue weighted by Gasteiger charge is -2.22. The smallest absolute Gasteiger partial charge is 0.0493 e. The molecule has 2 unspecified atom stereocenters. The fourth-order valence-electron chi connectivity index (χ4n) is 2.33. The van der Waals surface area contributed by atoms with Gasteiger partial charge in [0, 0.05) is 27.4 Å². The second-order valence-electron chi connectivity index (χ2n) is 5.20. The first-order chi connectivity index (χ1) is 8.26. The lowest BCUT2D eigenvalue weighted by Crippen LogP contribution is -2.21. The van der Waals surface area contributed by atoms with Crippen molar-refractivity contribution in [2.24, 2.45) is 11.8 Å². The van der Waals surface area contributed by atoms with Gasteiger partial charge in [0.05, 0.1) is 0 Å². The first kappa shape index (κ1) is 16.9. The first-order valence-electron chi connectivity index (χ1n) is 7.24. The summed E-state index contributed by atoms with van der Waals surface area (Å²) < 4.78 is 10.5. The van der Waals surface area contributed by atoms with Crippen LogP contribution in [0.1, 0.15) is 58.8 Å². The Balaban J connectivity index is 3.61. The average molecular weight is 244 g/mol. The summed E-state index contributed by atoms with van der Waals surface area (Å²) in [5.74, 6) is 1.27. The van der Waals surface area contributed by atoms with Crippen molar-refractivity contribution in [2.45, 2.75) is 58.8 Å². The maximum absolute atomic E-state index is 5.31. The van der Waals surface area contributed by atoms with Crippen molar-refractivity contribution in [3.8, 4) is 0 Å². The Bertz CT molecular complexity index is 148. The van der Waals surface area contributed by atoms with Gasteiger partial charge in [-0.25, -0.2) is 0 Å². The standard InChI is InChI=1S/C15H32O2/c1-5-6-7-8-9-10-11-15(13-17-4)14(2)12-16-3/h14-15H,5-13H2,1-4H3. The normalized spacial score (nSPS) is 14.8. The minimum Gasteiger partial charge on any atom is -0.384 e. The molecule has 0 radical (unpaired) electrons. The van der Waals surface area contributed by atoms with Crippen LogP contribution in [-0.2, 0) is 9.47 Å². The zero-order valence-electron chi connectivity index (χ0n) is 12.3. The van der Waals surface area contributed by atoms with Crippen molar-refractivity contribution in [3.05, 3.63) is 0 Å². The van der Waals surface area contributed by atoms with E-state index in [0.29, 0.717) is 11.8 Å². The Morgan fingerprint density at radius 2 is 1.41 bits per heavy atom. The van der Waals surface area contributed by atoms with Crippen molar-refractivity contribution < 1.29 is 9.47 Å². The molecule has 0 aromatic heterocycles. The zero-order chi connectivity index (χ0) is 12.9. The second-order valence-corrected chi connectivity index (χ2v) is 5.20. The summed E-state index contributed by atoms with van der Waals surface area (Å²) in [5.41, 5.74) is 0. The summed E-state index contributed by atoms with van der Waals surface area (Å²) in [6, 6.07) is 0. The molecular weight excluding hydrogens is 212 g/mol. The van der Waals surface area contributed by atoms with E-state index in [1.807, 2.05) is 0 Å². The fraction of sp³-hybridized carbons (Fsp3) is 1.00. The third kappa shape index (κ3) is 9.61. The van der Waals surface area contributed by atoms with Gasteiger partial charge < -0.3 is 9.47 Å². The molecule has 0 heterocycles. The molecule has 0 saturated carbocycles. The molecule has 0 saturated heterocycles. The number of hydrogen-bond acceptors (Lipinski definition) is 2. The minimum absolute atomic E-state index is 0.607. The SMILES string of the molecule is CCCCCCCCC(COC)C(C)COC. The van der Waals surface area contributed by atoms with Crippen LogP contribution in [-0.4, -0.2) is 27.4 Å². The van der Waals surface area contributed by atoms with Gasteiger partial charge >= 0.3 is 0 Å². The maximum atomic E-state index is 5.31. The number of hydrogen-bond donors (Lipinski definition) is 0. The predicted octanol–water partition coefficient (Wildman–Crippen LogP) is 4.28. The molecule has 2 heteroatoms. The van der Waals surface area contributed by atoms with Crippen LogP contribution in [0.15, 0.2) is 0 Å². The number of rotatable bonds is 12. The van der Waals surface area contributed by atoms with Gasteiger partial charge in [-0.2, -0.15) is 0 Å². The van der Waals surface area contributed by atoms with Crippen LogP contribution in [0.5, 0.6) is 0 Å². The van der Waals surface area contributed by atoms with Crippen molar-refractivity contribution in [1.29, 1.82) is 0 Å². The Morgan fingerprint density at radius 3 is 2.00 bits per heavy atom. The van der Waals surface area contributed by atoms with Gasteiger partial charge in [-0.1, -0.05) is 52.4 Å². The highest BCUT2D eigenvalue weighted by Crippen LogP contribution is 2.20. The molecule has 0 spiro atoms. The molecule has 0 amide bonds. The van der Waals surface area contributed by atoms with Gasteiger partial charge in [-0.05, 0) is 18.3 Å². The van der Waals surface area contributed by atoms with E-state index in [-0.39, 0.29) is 0 Å². The van der Waals surface area contributed by atoms with Gasteiger partial charge in [0.2, 0.25) is 0 Å². The number of unbranched alkanes of at least 4 members (excludes halogenated alkanes) is 5. The predicted molar refractivity (Wildman–Crippen MR) is 74.4 cm³/mol.